The molecule has 0 N–H and O–H groups in total. The van der Waals surface area contributed by atoms with E-state index >= 15 is 0 Å². The summed E-state index contributed by atoms with van der Waals surface area (Å²) >= 11 is 1.65. The fourth-order valence-electron chi connectivity index (χ4n) is 4.01. The SMILES string of the molecule is CC(C)Sc1ncccc1C(=O)N1CCN(Cc2nnc3n2CCCCC3)CC1. The van der Waals surface area contributed by atoms with Crippen molar-refractivity contribution in [1.29, 1.82) is 0 Å². The molecular formula is C21H30N6OS. The number of hydrogen-bond acceptors (Lipinski definition) is 6. The minimum atomic E-state index is 0.0947. The Morgan fingerprint density at radius 3 is 2.72 bits per heavy atom. The van der Waals surface area contributed by atoms with Crippen LogP contribution < -0.4 is 0 Å². The minimum Gasteiger partial charge on any atom is -0.336 e. The zero-order chi connectivity index (χ0) is 20.2. The second-order valence-corrected chi connectivity index (χ2v) is 9.65. The highest BCUT2D eigenvalue weighted by Gasteiger charge is 2.26. The maximum absolute atomic E-state index is 13.1. The molecule has 1 fully saturated rings. The lowest BCUT2D eigenvalue weighted by atomic mass is 10.2. The van der Waals surface area contributed by atoms with Crippen molar-refractivity contribution in [3.8, 4) is 0 Å². The van der Waals surface area contributed by atoms with E-state index in [-0.39, 0.29) is 5.91 Å². The molecule has 2 aliphatic rings. The molecular weight excluding hydrogens is 384 g/mol. The summed E-state index contributed by atoms with van der Waals surface area (Å²) < 4.78 is 2.32. The Morgan fingerprint density at radius 2 is 1.93 bits per heavy atom. The van der Waals surface area contributed by atoms with Crippen molar-refractivity contribution >= 4 is 17.7 Å². The number of aromatic nitrogens is 4. The van der Waals surface area contributed by atoms with Crippen LogP contribution in [0.15, 0.2) is 23.4 Å². The van der Waals surface area contributed by atoms with E-state index in [1.165, 1.54) is 19.3 Å². The van der Waals surface area contributed by atoms with Gasteiger partial charge in [-0.15, -0.1) is 22.0 Å². The minimum absolute atomic E-state index is 0.0947. The van der Waals surface area contributed by atoms with E-state index in [1.54, 1.807) is 18.0 Å². The predicted molar refractivity (Wildman–Crippen MR) is 114 cm³/mol. The lowest BCUT2D eigenvalue weighted by Gasteiger charge is -2.34. The summed E-state index contributed by atoms with van der Waals surface area (Å²) in [5, 5.41) is 10.1. The van der Waals surface area contributed by atoms with Crippen molar-refractivity contribution in [2.75, 3.05) is 26.2 Å². The van der Waals surface area contributed by atoms with Crippen LogP contribution in [0.1, 0.15) is 55.1 Å². The molecule has 2 aromatic heterocycles. The van der Waals surface area contributed by atoms with Crippen LogP contribution in [0.25, 0.3) is 0 Å². The number of carbonyl (C=O) groups excluding carboxylic acids is 1. The Hall–Kier alpha value is -1.93. The van der Waals surface area contributed by atoms with E-state index in [4.69, 9.17) is 0 Å². The Balaban J connectivity index is 1.37. The van der Waals surface area contributed by atoms with Gasteiger partial charge in [0.05, 0.1) is 12.1 Å². The van der Waals surface area contributed by atoms with Crippen molar-refractivity contribution in [3.63, 3.8) is 0 Å². The number of piperazine rings is 1. The molecule has 2 aromatic rings. The van der Waals surface area contributed by atoms with Gasteiger partial charge in [-0.05, 0) is 25.0 Å². The summed E-state index contributed by atoms with van der Waals surface area (Å²) in [5.41, 5.74) is 0.724. The smallest absolute Gasteiger partial charge is 0.256 e. The number of fused-ring (bicyclic) bond motifs is 1. The number of hydrogen-bond donors (Lipinski definition) is 0. The summed E-state index contributed by atoms with van der Waals surface area (Å²) in [5.74, 6) is 2.31. The van der Waals surface area contributed by atoms with Crippen LogP contribution >= 0.6 is 11.8 Å². The van der Waals surface area contributed by atoms with Gasteiger partial charge in [-0.1, -0.05) is 20.3 Å². The molecule has 2 aliphatic heterocycles. The van der Waals surface area contributed by atoms with Crippen molar-refractivity contribution in [3.05, 3.63) is 35.5 Å². The van der Waals surface area contributed by atoms with Gasteiger partial charge >= 0.3 is 0 Å². The first-order valence-electron chi connectivity index (χ1n) is 10.7. The van der Waals surface area contributed by atoms with Gasteiger partial charge in [0.25, 0.3) is 5.91 Å². The highest BCUT2D eigenvalue weighted by Crippen LogP contribution is 2.25. The Kier molecular flexibility index (Phi) is 6.50. The molecule has 0 saturated carbocycles. The van der Waals surface area contributed by atoms with Crippen molar-refractivity contribution < 1.29 is 4.79 Å². The van der Waals surface area contributed by atoms with E-state index < -0.39 is 0 Å². The van der Waals surface area contributed by atoms with Crippen LogP contribution in [0.4, 0.5) is 0 Å². The quantitative estimate of drug-likeness (QED) is 0.701. The normalized spacial score (nSPS) is 18.0. The molecule has 0 spiro atoms. The van der Waals surface area contributed by atoms with Gasteiger partial charge in [0.15, 0.2) is 0 Å². The van der Waals surface area contributed by atoms with Crippen LogP contribution in [0.2, 0.25) is 0 Å². The molecule has 1 saturated heterocycles. The molecule has 29 heavy (non-hydrogen) atoms. The van der Waals surface area contributed by atoms with E-state index in [2.05, 4.69) is 38.5 Å². The molecule has 4 rings (SSSR count). The van der Waals surface area contributed by atoms with Gasteiger partial charge in [-0.2, -0.15) is 0 Å². The summed E-state index contributed by atoms with van der Waals surface area (Å²) in [6, 6.07) is 3.75. The number of amides is 1. The Morgan fingerprint density at radius 1 is 1.10 bits per heavy atom. The number of pyridine rings is 1. The average molecular weight is 415 g/mol. The third-order valence-corrected chi connectivity index (χ3v) is 6.58. The van der Waals surface area contributed by atoms with Crippen LogP contribution in [0.5, 0.6) is 0 Å². The van der Waals surface area contributed by atoms with Gasteiger partial charge in [0.2, 0.25) is 0 Å². The molecule has 4 heterocycles. The lowest BCUT2D eigenvalue weighted by Crippen LogP contribution is -2.48. The number of carbonyl (C=O) groups is 1. The third kappa shape index (κ3) is 4.80. The van der Waals surface area contributed by atoms with Crippen LogP contribution in [0, 0.1) is 0 Å². The number of rotatable bonds is 5. The molecule has 0 bridgehead atoms. The fourth-order valence-corrected chi connectivity index (χ4v) is 4.86. The molecule has 156 valence electrons. The van der Waals surface area contributed by atoms with Gasteiger partial charge in [-0.3, -0.25) is 9.69 Å². The highest BCUT2D eigenvalue weighted by molar-refractivity contribution is 7.99. The maximum atomic E-state index is 13.1. The molecule has 1 amide bonds. The summed E-state index contributed by atoms with van der Waals surface area (Å²) in [7, 11) is 0. The van der Waals surface area contributed by atoms with Crippen LogP contribution in [-0.2, 0) is 19.5 Å². The van der Waals surface area contributed by atoms with Crippen molar-refractivity contribution in [1.82, 2.24) is 29.5 Å². The molecule has 0 atom stereocenters. The average Bonchev–Trinajstić information content (AvgIpc) is 2.94. The Labute approximate surface area is 176 Å². The van der Waals surface area contributed by atoms with Gasteiger partial charge in [-0.25, -0.2) is 4.98 Å². The largest absolute Gasteiger partial charge is 0.336 e. The third-order valence-electron chi connectivity index (χ3n) is 5.56. The molecule has 0 aliphatic carbocycles. The first kappa shape index (κ1) is 20.3. The standard InChI is InChI=1S/C21H30N6OS/c1-16(2)29-20-17(7-6-9-22-20)21(28)26-13-11-25(12-14-26)15-19-24-23-18-8-4-3-5-10-27(18)19/h6-7,9,16H,3-5,8,10-15H2,1-2H3. The molecule has 7 nitrogen and oxygen atoms in total. The predicted octanol–water partition coefficient (Wildman–Crippen LogP) is 2.86. The van der Waals surface area contributed by atoms with Crippen molar-refractivity contribution in [2.45, 2.75) is 62.9 Å². The second kappa shape index (κ2) is 9.26. The first-order valence-corrected chi connectivity index (χ1v) is 11.5. The van der Waals surface area contributed by atoms with E-state index in [0.29, 0.717) is 5.25 Å². The topological polar surface area (TPSA) is 67.2 Å². The summed E-state index contributed by atoms with van der Waals surface area (Å²) in [4.78, 5) is 21.9. The zero-order valence-electron chi connectivity index (χ0n) is 17.4. The van der Waals surface area contributed by atoms with Crippen LogP contribution in [0.3, 0.4) is 0 Å². The zero-order valence-corrected chi connectivity index (χ0v) is 18.2. The van der Waals surface area contributed by atoms with Gasteiger partial charge in [0, 0.05) is 50.6 Å². The number of nitrogens with zero attached hydrogens (tertiary/aromatic N) is 6. The van der Waals surface area contributed by atoms with Crippen molar-refractivity contribution in [2.24, 2.45) is 0 Å². The lowest BCUT2D eigenvalue weighted by molar-refractivity contribution is 0.0619. The van der Waals surface area contributed by atoms with Gasteiger partial charge < -0.3 is 9.47 Å². The molecule has 0 aromatic carbocycles. The van der Waals surface area contributed by atoms with Gasteiger partial charge in [0.1, 0.15) is 16.7 Å². The highest BCUT2D eigenvalue weighted by atomic mass is 32.2. The number of aryl methyl sites for hydroxylation is 1. The summed E-state index contributed by atoms with van der Waals surface area (Å²) in [6.45, 7) is 9.29. The van der Waals surface area contributed by atoms with E-state index in [0.717, 1.165) is 67.9 Å². The molecule has 0 unspecified atom stereocenters. The van der Waals surface area contributed by atoms with Crippen LogP contribution in [-0.4, -0.2) is 66.9 Å². The van der Waals surface area contributed by atoms with E-state index in [9.17, 15) is 4.79 Å². The first-order chi connectivity index (χ1) is 14.1. The Bertz CT molecular complexity index is 843. The van der Waals surface area contributed by atoms with E-state index in [1.807, 2.05) is 17.0 Å². The maximum Gasteiger partial charge on any atom is 0.256 e. The number of thioether (sulfide) groups is 1. The summed E-state index contributed by atoms with van der Waals surface area (Å²) in [6.07, 6.45) is 6.50. The monoisotopic (exact) mass is 414 g/mol. The second-order valence-electron chi connectivity index (χ2n) is 8.09. The molecule has 0 radical (unpaired) electrons. The molecule has 8 heteroatoms. The fraction of sp³-hybridized carbons (Fsp3) is 0.619.